The minimum atomic E-state index is -0.143. The Hall–Kier alpha value is -3.39. The summed E-state index contributed by atoms with van der Waals surface area (Å²) >= 11 is 0. The number of rotatable bonds is 8. The SMILES string of the molecule is COc1ccc(C(C)NC(=O)C2CCCN(Cc3nc(-c4ccc(C)cc4)no3)C2)cc1OC. The fourth-order valence-electron chi connectivity index (χ4n) is 4.28. The minimum Gasteiger partial charge on any atom is -0.493 e. The lowest BCUT2D eigenvalue weighted by molar-refractivity contribution is -0.127. The third-order valence-electron chi connectivity index (χ3n) is 6.28. The Morgan fingerprint density at radius 3 is 2.68 bits per heavy atom. The van der Waals surface area contributed by atoms with E-state index in [1.807, 2.05) is 56.3 Å². The molecule has 2 aromatic carbocycles. The highest BCUT2D eigenvalue weighted by Crippen LogP contribution is 2.30. The van der Waals surface area contributed by atoms with E-state index in [4.69, 9.17) is 14.0 Å². The lowest BCUT2D eigenvalue weighted by Gasteiger charge is -2.31. The van der Waals surface area contributed by atoms with E-state index in [2.05, 4.69) is 20.4 Å². The van der Waals surface area contributed by atoms with Gasteiger partial charge >= 0.3 is 0 Å². The van der Waals surface area contributed by atoms with E-state index in [0.29, 0.717) is 36.3 Å². The van der Waals surface area contributed by atoms with Crippen molar-refractivity contribution in [2.45, 2.75) is 39.3 Å². The summed E-state index contributed by atoms with van der Waals surface area (Å²) in [6, 6.07) is 13.6. The van der Waals surface area contributed by atoms with Gasteiger partial charge in [-0.25, -0.2) is 0 Å². The summed E-state index contributed by atoms with van der Waals surface area (Å²) in [6.07, 6.45) is 1.81. The third-order valence-corrected chi connectivity index (χ3v) is 6.28. The van der Waals surface area contributed by atoms with Crippen molar-refractivity contribution >= 4 is 5.91 Å². The zero-order valence-electron chi connectivity index (χ0n) is 20.2. The Morgan fingerprint density at radius 1 is 1.18 bits per heavy atom. The lowest BCUT2D eigenvalue weighted by atomic mass is 9.96. The Balaban J connectivity index is 1.34. The summed E-state index contributed by atoms with van der Waals surface area (Å²) in [5, 5.41) is 7.28. The molecule has 34 heavy (non-hydrogen) atoms. The smallest absolute Gasteiger partial charge is 0.241 e. The van der Waals surface area contributed by atoms with Crippen molar-refractivity contribution in [3.8, 4) is 22.9 Å². The Bertz CT molecular complexity index is 1110. The Morgan fingerprint density at radius 2 is 1.94 bits per heavy atom. The third kappa shape index (κ3) is 5.56. The number of carbonyl (C=O) groups excluding carboxylic acids is 1. The molecule has 1 saturated heterocycles. The van der Waals surface area contributed by atoms with E-state index >= 15 is 0 Å². The summed E-state index contributed by atoms with van der Waals surface area (Å²) in [6.45, 7) is 6.12. The van der Waals surface area contributed by atoms with Gasteiger partial charge in [-0.1, -0.05) is 41.1 Å². The van der Waals surface area contributed by atoms with Crippen molar-refractivity contribution in [3.05, 3.63) is 59.5 Å². The van der Waals surface area contributed by atoms with Crippen LogP contribution in [0.2, 0.25) is 0 Å². The number of aromatic nitrogens is 2. The van der Waals surface area contributed by atoms with E-state index in [1.54, 1.807) is 14.2 Å². The molecule has 0 spiro atoms. The lowest BCUT2D eigenvalue weighted by Crippen LogP contribution is -2.43. The van der Waals surface area contributed by atoms with Gasteiger partial charge in [0, 0.05) is 12.1 Å². The topological polar surface area (TPSA) is 89.7 Å². The summed E-state index contributed by atoms with van der Waals surface area (Å²) in [5.74, 6) is 2.43. The number of benzene rings is 2. The van der Waals surface area contributed by atoms with E-state index in [-0.39, 0.29) is 17.9 Å². The molecule has 1 amide bonds. The van der Waals surface area contributed by atoms with Gasteiger partial charge in [-0.05, 0) is 50.9 Å². The van der Waals surface area contributed by atoms with Crippen LogP contribution in [0, 0.1) is 12.8 Å². The number of amides is 1. The monoisotopic (exact) mass is 464 g/mol. The first kappa shape index (κ1) is 23.8. The molecule has 0 aliphatic carbocycles. The van der Waals surface area contributed by atoms with Crippen LogP contribution in [-0.2, 0) is 11.3 Å². The molecule has 4 rings (SSSR count). The number of ether oxygens (including phenoxy) is 2. The quantitative estimate of drug-likeness (QED) is 0.536. The molecule has 1 N–H and O–H groups in total. The van der Waals surface area contributed by atoms with Gasteiger partial charge in [0.25, 0.3) is 0 Å². The molecule has 1 aliphatic rings. The van der Waals surface area contributed by atoms with Gasteiger partial charge in [0.2, 0.25) is 17.6 Å². The van der Waals surface area contributed by atoms with Gasteiger partial charge in [-0.15, -0.1) is 0 Å². The Kier molecular flexibility index (Phi) is 7.47. The predicted octanol–water partition coefficient (Wildman–Crippen LogP) is 4.15. The average Bonchev–Trinajstić information content (AvgIpc) is 3.32. The van der Waals surface area contributed by atoms with Crippen LogP contribution in [0.25, 0.3) is 11.4 Å². The summed E-state index contributed by atoms with van der Waals surface area (Å²) in [5.41, 5.74) is 3.08. The van der Waals surface area contributed by atoms with Crippen LogP contribution in [0.15, 0.2) is 47.0 Å². The molecule has 1 aromatic heterocycles. The van der Waals surface area contributed by atoms with E-state index in [9.17, 15) is 4.79 Å². The van der Waals surface area contributed by atoms with Gasteiger partial charge in [0.1, 0.15) is 0 Å². The Labute approximate surface area is 200 Å². The van der Waals surface area contributed by atoms with Gasteiger partial charge in [-0.3, -0.25) is 9.69 Å². The van der Waals surface area contributed by atoms with Crippen molar-refractivity contribution in [1.82, 2.24) is 20.4 Å². The zero-order valence-corrected chi connectivity index (χ0v) is 20.2. The van der Waals surface area contributed by atoms with Crippen LogP contribution < -0.4 is 14.8 Å². The molecule has 2 unspecified atom stereocenters. The summed E-state index contributed by atoms with van der Waals surface area (Å²) in [4.78, 5) is 19.8. The van der Waals surface area contributed by atoms with Crippen molar-refractivity contribution in [2.75, 3.05) is 27.3 Å². The van der Waals surface area contributed by atoms with E-state index in [1.165, 1.54) is 5.56 Å². The number of nitrogens with one attached hydrogen (secondary N) is 1. The second-order valence-corrected chi connectivity index (χ2v) is 8.80. The van der Waals surface area contributed by atoms with Crippen LogP contribution in [0.5, 0.6) is 11.5 Å². The maximum absolute atomic E-state index is 13.0. The number of methoxy groups -OCH3 is 2. The van der Waals surface area contributed by atoms with Crippen molar-refractivity contribution in [1.29, 1.82) is 0 Å². The maximum Gasteiger partial charge on any atom is 0.241 e. The summed E-state index contributed by atoms with van der Waals surface area (Å²) in [7, 11) is 3.21. The first-order chi connectivity index (χ1) is 16.5. The number of likely N-dealkylation sites (tertiary alicyclic amines) is 1. The molecule has 0 saturated carbocycles. The van der Waals surface area contributed by atoms with Gasteiger partial charge < -0.3 is 19.3 Å². The van der Waals surface area contributed by atoms with Gasteiger partial charge in [0.05, 0.1) is 32.7 Å². The number of aryl methyl sites for hydroxylation is 1. The van der Waals surface area contributed by atoms with Crippen molar-refractivity contribution in [2.24, 2.45) is 5.92 Å². The summed E-state index contributed by atoms with van der Waals surface area (Å²) < 4.78 is 16.2. The number of carbonyl (C=O) groups is 1. The van der Waals surface area contributed by atoms with Crippen LogP contribution >= 0.6 is 0 Å². The van der Waals surface area contributed by atoms with Gasteiger partial charge in [-0.2, -0.15) is 4.98 Å². The molecule has 180 valence electrons. The predicted molar refractivity (Wildman–Crippen MR) is 129 cm³/mol. The molecule has 8 heteroatoms. The van der Waals surface area contributed by atoms with E-state index in [0.717, 1.165) is 30.5 Å². The molecule has 1 fully saturated rings. The largest absolute Gasteiger partial charge is 0.493 e. The highest BCUT2D eigenvalue weighted by atomic mass is 16.5. The van der Waals surface area contributed by atoms with Crippen LogP contribution in [-0.4, -0.2) is 48.3 Å². The molecule has 2 atom stereocenters. The first-order valence-corrected chi connectivity index (χ1v) is 11.6. The minimum absolute atomic E-state index is 0.0536. The molecule has 2 heterocycles. The second kappa shape index (κ2) is 10.7. The fraction of sp³-hybridized carbons (Fsp3) is 0.423. The number of hydrogen-bond acceptors (Lipinski definition) is 7. The highest BCUT2D eigenvalue weighted by Gasteiger charge is 2.28. The molecular weight excluding hydrogens is 432 g/mol. The fourth-order valence-corrected chi connectivity index (χ4v) is 4.28. The normalized spacial score (nSPS) is 17.2. The number of nitrogens with zero attached hydrogens (tertiary/aromatic N) is 3. The van der Waals surface area contributed by atoms with Crippen LogP contribution in [0.1, 0.15) is 42.8 Å². The van der Waals surface area contributed by atoms with Gasteiger partial charge in [0.15, 0.2) is 11.5 Å². The molecule has 0 bridgehead atoms. The molecule has 1 aliphatic heterocycles. The number of piperidine rings is 1. The second-order valence-electron chi connectivity index (χ2n) is 8.80. The number of hydrogen-bond donors (Lipinski definition) is 1. The van der Waals surface area contributed by atoms with Crippen molar-refractivity contribution < 1.29 is 18.8 Å². The maximum atomic E-state index is 13.0. The molecular formula is C26H32N4O4. The standard InChI is InChI=1S/C26H32N4O4/c1-17-7-9-19(10-8-17)25-28-24(34-29-25)16-30-13-5-6-21(15-30)26(31)27-18(2)20-11-12-22(32-3)23(14-20)33-4/h7-12,14,18,21H,5-6,13,15-16H2,1-4H3,(H,27,31). The highest BCUT2D eigenvalue weighted by molar-refractivity contribution is 5.79. The molecule has 8 nitrogen and oxygen atoms in total. The average molecular weight is 465 g/mol. The van der Waals surface area contributed by atoms with E-state index < -0.39 is 0 Å². The van der Waals surface area contributed by atoms with Crippen LogP contribution in [0.3, 0.4) is 0 Å². The molecule has 0 radical (unpaired) electrons. The molecule has 3 aromatic rings. The van der Waals surface area contributed by atoms with Crippen molar-refractivity contribution in [3.63, 3.8) is 0 Å². The zero-order chi connectivity index (χ0) is 24.1. The van der Waals surface area contributed by atoms with Crippen LogP contribution in [0.4, 0.5) is 0 Å². The first-order valence-electron chi connectivity index (χ1n) is 11.6.